The molecule has 3 aliphatic rings. The van der Waals surface area contributed by atoms with E-state index in [1.165, 1.54) is 6.92 Å². The number of fused-ring (bicyclic) bond motifs is 3. The molecule has 0 saturated heterocycles. The van der Waals surface area contributed by atoms with E-state index in [1.54, 1.807) is 27.7 Å². The van der Waals surface area contributed by atoms with Crippen LogP contribution in [0, 0.1) is 16.7 Å². The molecule has 0 radical (unpaired) electrons. The molecular weight excluding hydrogens is 550 g/mol. The van der Waals surface area contributed by atoms with Crippen molar-refractivity contribution in [1.82, 2.24) is 0 Å². The Bertz CT molecular complexity index is 1330. The van der Waals surface area contributed by atoms with Gasteiger partial charge in [0, 0.05) is 35.7 Å². The molecule has 9 heteroatoms. The number of hydrogen-bond donors (Lipinski definition) is 3. The number of carbonyl (C=O) groups is 3. The van der Waals surface area contributed by atoms with E-state index in [0.29, 0.717) is 22.1 Å². The molecule has 0 heterocycles. The molecule has 2 bridgehead atoms. The van der Waals surface area contributed by atoms with Crippen molar-refractivity contribution in [3.8, 4) is 0 Å². The Morgan fingerprint density at radius 2 is 1.70 bits per heavy atom. The fourth-order valence-electron chi connectivity index (χ4n) is 7.98. The van der Waals surface area contributed by atoms with Gasteiger partial charge in [-0.25, -0.2) is 0 Å². The average Bonchev–Trinajstić information content (AvgIpc) is 2.90. The number of Topliss-reactive ketones (excluding diaryl/α,β-unsaturated/α-hetero) is 1. The summed E-state index contributed by atoms with van der Waals surface area (Å²) in [5, 5.41) is 36.1. The van der Waals surface area contributed by atoms with E-state index in [9.17, 15) is 29.7 Å². The predicted octanol–water partition coefficient (Wildman–Crippen LogP) is 3.42. The van der Waals surface area contributed by atoms with Crippen molar-refractivity contribution >= 4 is 17.7 Å². The van der Waals surface area contributed by atoms with Gasteiger partial charge in [-0.3, -0.25) is 14.4 Å². The number of benzene rings is 1. The van der Waals surface area contributed by atoms with Gasteiger partial charge in [0.15, 0.2) is 5.78 Å². The van der Waals surface area contributed by atoms with Crippen molar-refractivity contribution < 1.29 is 43.7 Å². The summed E-state index contributed by atoms with van der Waals surface area (Å²) in [6, 6.07) is 9.58. The zero-order valence-corrected chi connectivity index (χ0v) is 26.7. The number of rotatable bonds is 6. The Kier molecular flexibility index (Phi) is 8.65. The smallest absolute Gasteiger partial charge is 0.312 e. The van der Waals surface area contributed by atoms with Crippen LogP contribution in [0.3, 0.4) is 0 Å². The topological polar surface area (TPSA) is 130 Å². The van der Waals surface area contributed by atoms with Crippen LogP contribution in [0.1, 0.15) is 71.9 Å². The maximum absolute atomic E-state index is 13.5. The van der Waals surface area contributed by atoms with Crippen molar-refractivity contribution in [2.24, 2.45) is 16.7 Å². The molecule has 0 amide bonds. The second-order valence-corrected chi connectivity index (χ2v) is 14.4. The van der Waals surface area contributed by atoms with Gasteiger partial charge in [0.05, 0.1) is 27.2 Å². The van der Waals surface area contributed by atoms with Crippen molar-refractivity contribution in [3.05, 3.63) is 59.2 Å². The van der Waals surface area contributed by atoms with Gasteiger partial charge in [-0.15, -0.1) is 0 Å². The van der Waals surface area contributed by atoms with Gasteiger partial charge in [-0.1, -0.05) is 57.7 Å². The van der Waals surface area contributed by atoms with E-state index in [4.69, 9.17) is 9.47 Å². The van der Waals surface area contributed by atoms with Crippen LogP contribution in [0.25, 0.3) is 0 Å². The molecule has 43 heavy (non-hydrogen) atoms. The minimum absolute atomic E-state index is 0.107. The number of aliphatic hydroxyl groups excluding tert-OH is 2. The lowest BCUT2D eigenvalue weighted by Crippen LogP contribution is -2.69. The van der Waals surface area contributed by atoms with Gasteiger partial charge in [0.2, 0.25) is 0 Å². The zero-order chi connectivity index (χ0) is 32.3. The van der Waals surface area contributed by atoms with Gasteiger partial charge in [-0.2, -0.15) is 0 Å². The van der Waals surface area contributed by atoms with E-state index in [0.717, 1.165) is 5.56 Å². The van der Waals surface area contributed by atoms with Crippen molar-refractivity contribution in [1.29, 1.82) is 0 Å². The first-order chi connectivity index (χ1) is 19.8. The third-order valence-corrected chi connectivity index (χ3v) is 10.6. The van der Waals surface area contributed by atoms with Crippen LogP contribution in [0.15, 0.2) is 53.6 Å². The van der Waals surface area contributed by atoms with Gasteiger partial charge >= 0.3 is 11.9 Å². The summed E-state index contributed by atoms with van der Waals surface area (Å²) in [7, 11) is 6.04. The fourth-order valence-corrected chi connectivity index (χ4v) is 7.98. The van der Waals surface area contributed by atoms with Gasteiger partial charge in [0.25, 0.3) is 0 Å². The minimum Gasteiger partial charge on any atom is -0.459 e. The number of nitrogens with zero attached hydrogens (tertiary/aromatic N) is 1. The SMILES string of the molecule is C=C1[C@@H](OC(=O)CC(c2ccccc2)[N+](C)(C)C)CC[C@@]2(C)[C@@H](OC(C)=O)[C@H](O)C3=C(C)C(=O)C[C@@](O)([C@@H](O)[C@H]12)C3(C)C. The second kappa shape index (κ2) is 11.3. The zero-order valence-electron chi connectivity index (χ0n) is 26.7. The van der Waals surface area contributed by atoms with Crippen LogP contribution >= 0.6 is 0 Å². The first-order valence-corrected chi connectivity index (χ1v) is 15.0. The first-order valence-electron chi connectivity index (χ1n) is 15.0. The van der Waals surface area contributed by atoms with E-state index >= 15 is 0 Å². The normalized spacial score (nSPS) is 34.9. The largest absolute Gasteiger partial charge is 0.459 e. The highest BCUT2D eigenvalue weighted by molar-refractivity contribution is 5.98. The number of aliphatic hydroxyl groups is 3. The number of ketones is 1. The van der Waals surface area contributed by atoms with Crippen LogP contribution < -0.4 is 0 Å². The van der Waals surface area contributed by atoms with Crippen LogP contribution in [-0.4, -0.2) is 88.7 Å². The van der Waals surface area contributed by atoms with E-state index < -0.39 is 64.5 Å². The van der Waals surface area contributed by atoms with Gasteiger partial charge < -0.3 is 29.3 Å². The third kappa shape index (κ3) is 5.50. The lowest BCUT2D eigenvalue weighted by Gasteiger charge is -2.61. The standard InChI is InChI=1S/C34H48NO8/c1-19-24(37)18-34(41)30(40)28-20(2)25(43-26(38)17-23(35(7,8)9)22-13-11-10-12-14-22)15-16-33(28,6)31(42-21(3)36)29(39)27(19)32(34,4)5/h10-14,23,25,28-31,39-41H,2,15-18H2,1,3-9H3/q+1/t23?,25-,28-,29+,30-,31-,33+,34+/m0/s1. The Labute approximate surface area is 254 Å². The molecule has 2 fully saturated rings. The predicted molar refractivity (Wildman–Crippen MR) is 160 cm³/mol. The quantitative estimate of drug-likeness (QED) is 0.258. The Hall–Kier alpha value is -2.85. The fraction of sp³-hybridized carbons (Fsp3) is 0.618. The second-order valence-electron chi connectivity index (χ2n) is 14.4. The van der Waals surface area contributed by atoms with E-state index in [1.807, 2.05) is 51.5 Å². The lowest BCUT2D eigenvalue weighted by atomic mass is 9.48. The molecule has 8 atom stereocenters. The molecule has 3 aliphatic carbocycles. The third-order valence-electron chi connectivity index (χ3n) is 10.6. The summed E-state index contributed by atoms with van der Waals surface area (Å²) < 4.78 is 12.3. The maximum atomic E-state index is 13.5. The molecule has 0 spiro atoms. The lowest BCUT2D eigenvalue weighted by molar-refractivity contribution is -0.901. The van der Waals surface area contributed by atoms with Crippen molar-refractivity contribution in [2.75, 3.05) is 21.1 Å². The summed E-state index contributed by atoms with van der Waals surface area (Å²) in [5.41, 5.74) is -2.43. The molecule has 1 aromatic rings. The Morgan fingerprint density at radius 1 is 1.09 bits per heavy atom. The molecule has 0 aromatic heterocycles. The molecule has 236 valence electrons. The number of allylic oxidation sites excluding steroid dienone is 1. The van der Waals surface area contributed by atoms with Gasteiger partial charge in [0.1, 0.15) is 36.4 Å². The summed E-state index contributed by atoms with van der Waals surface area (Å²) >= 11 is 0. The highest BCUT2D eigenvalue weighted by atomic mass is 16.6. The highest BCUT2D eigenvalue weighted by Gasteiger charge is 2.67. The number of quaternary nitrogens is 1. The molecular formula is C34H48NO8+. The highest BCUT2D eigenvalue weighted by Crippen LogP contribution is 2.60. The van der Waals surface area contributed by atoms with E-state index in [2.05, 4.69) is 6.58 Å². The number of hydrogen-bond acceptors (Lipinski definition) is 8. The van der Waals surface area contributed by atoms with E-state index in [-0.39, 0.29) is 30.9 Å². The summed E-state index contributed by atoms with van der Waals surface area (Å²) in [5.74, 6) is -2.43. The first kappa shape index (κ1) is 33.1. The molecule has 0 aliphatic heterocycles. The Balaban J connectivity index is 1.73. The molecule has 4 rings (SSSR count). The molecule has 2 saturated carbocycles. The summed E-state index contributed by atoms with van der Waals surface area (Å²) in [6.45, 7) is 12.3. The Morgan fingerprint density at radius 3 is 2.26 bits per heavy atom. The average molecular weight is 599 g/mol. The maximum Gasteiger partial charge on any atom is 0.312 e. The monoisotopic (exact) mass is 598 g/mol. The van der Waals surface area contributed by atoms with Crippen LogP contribution in [0.5, 0.6) is 0 Å². The van der Waals surface area contributed by atoms with Crippen LogP contribution in [-0.2, 0) is 23.9 Å². The van der Waals surface area contributed by atoms with Crippen LogP contribution in [0.2, 0.25) is 0 Å². The summed E-state index contributed by atoms with van der Waals surface area (Å²) in [6.07, 6.45) is -4.55. The number of carbonyl (C=O) groups excluding carboxylic acids is 3. The number of esters is 2. The molecule has 9 nitrogen and oxygen atoms in total. The van der Waals surface area contributed by atoms with Crippen molar-refractivity contribution in [3.63, 3.8) is 0 Å². The number of ether oxygens (including phenoxy) is 2. The molecule has 1 unspecified atom stereocenters. The minimum atomic E-state index is -1.97. The van der Waals surface area contributed by atoms with Crippen LogP contribution in [0.4, 0.5) is 0 Å². The summed E-state index contributed by atoms with van der Waals surface area (Å²) in [4.78, 5) is 39.0. The molecule has 3 N–H and O–H groups in total. The van der Waals surface area contributed by atoms with Gasteiger partial charge in [-0.05, 0) is 36.5 Å². The van der Waals surface area contributed by atoms with Crippen molar-refractivity contribution in [2.45, 2.75) is 96.4 Å². The molecule has 1 aromatic carbocycles.